The fourth-order valence-electron chi connectivity index (χ4n) is 2.91. The van der Waals surface area contributed by atoms with Gasteiger partial charge < -0.3 is 9.47 Å². The first-order valence-corrected chi connectivity index (χ1v) is 11.0. The molecule has 0 fully saturated rings. The summed E-state index contributed by atoms with van der Waals surface area (Å²) >= 11 is 0. The van der Waals surface area contributed by atoms with Gasteiger partial charge in [-0.2, -0.15) is 0 Å². The number of aryl methyl sites for hydroxylation is 1. The maximum absolute atomic E-state index is 11.8. The van der Waals surface area contributed by atoms with Crippen molar-refractivity contribution in [1.29, 1.82) is 0 Å². The van der Waals surface area contributed by atoms with E-state index in [4.69, 9.17) is 9.47 Å². The molecule has 0 spiro atoms. The van der Waals surface area contributed by atoms with Crippen molar-refractivity contribution in [2.24, 2.45) is 0 Å². The highest BCUT2D eigenvalue weighted by Crippen LogP contribution is 2.21. The van der Waals surface area contributed by atoms with E-state index in [1.807, 2.05) is 54.6 Å². The van der Waals surface area contributed by atoms with Gasteiger partial charge in [0.15, 0.2) is 6.61 Å². The number of amides is 2. The first kappa shape index (κ1) is 24.9. The third-order valence-electron chi connectivity index (χ3n) is 5.04. The largest absolute Gasteiger partial charge is 0.484 e. The van der Waals surface area contributed by atoms with Gasteiger partial charge in [-0.1, -0.05) is 56.3 Å². The Labute approximate surface area is 189 Å². The molecule has 0 saturated heterocycles. The van der Waals surface area contributed by atoms with Crippen LogP contribution in [-0.2, 0) is 25.5 Å². The second kappa shape index (κ2) is 13.9. The number of carbonyl (C=O) groups is 3. The summed E-state index contributed by atoms with van der Waals surface area (Å²) in [6, 6.07) is 17.5. The van der Waals surface area contributed by atoms with Crippen molar-refractivity contribution >= 4 is 17.8 Å². The summed E-state index contributed by atoms with van der Waals surface area (Å²) in [7, 11) is 0. The zero-order valence-corrected chi connectivity index (χ0v) is 18.8. The molecular formula is C25H32N2O5. The van der Waals surface area contributed by atoms with Gasteiger partial charge in [-0.25, -0.2) is 0 Å². The molecule has 1 unspecified atom stereocenters. The Kier molecular flexibility index (Phi) is 10.8. The van der Waals surface area contributed by atoms with Crippen LogP contribution in [0.5, 0.6) is 5.75 Å². The molecule has 0 heterocycles. The fraction of sp³-hybridized carbons (Fsp3) is 0.400. The molecular weight excluding hydrogens is 408 g/mol. The zero-order valence-electron chi connectivity index (χ0n) is 18.8. The van der Waals surface area contributed by atoms with Crippen molar-refractivity contribution in [2.75, 3.05) is 13.2 Å². The Bertz CT molecular complexity index is 852. The molecule has 0 aromatic heterocycles. The van der Waals surface area contributed by atoms with Crippen molar-refractivity contribution in [3.05, 3.63) is 65.7 Å². The molecule has 0 bridgehead atoms. The highest BCUT2D eigenvalue weighted by atomic mass is 16.5. The summed E-state index contributed by atoms with van der Waals surface area (Å²) in [5.74, 6) is -0.364. The van der Waals surface area contributed by atoms with Crippen LogP contribution in [0, 0.1) is 0 Å². The van der Waals surface area contributed by atoms with Crippen LogP contribution in [-0.4, -0.2) is 31.0 Å². The van der Waals surface area contributed by atoms with Gasteiger partial charge >= 0.3 is 5.97 Å². The van der Waals surface area contributed by atoms with E-state index in [9.17, 15) is 14.4 Å². The standard InChI is InChI=1S/C25H32N2O5/c1-3-19(2)21-11-13-22(14-12-21)32-18-24(29)27-26-23(28)15-16-25(30)31-17-7-10-20-8-5-4-6-9-20/h4-6,8-9,11-14,19H,3,7,10,15-18H2,1-2H3,(H,26,28)(H,27,29). The van der Waals surface area contributed by atoms with Crippen molar-refractivity contribution < 1.29 is 23.9 Å². The van der Waals surface area contributed by atoms with E-state index in [1.54, 1.807) is 0 Å². The molecule has 0 saturated carbocycles. The van der Waals surface area contributed by atoms with E-state index in [-0.39, 0.29) is 19.4 Å². The molecule has 2 rings (SSSR count). The predicted octanol–water partition coefficient (Wildman–Crippen LogP) is 3.68. The average Bonchev–Trinajstić information content (AvgIpc) is 2.83. The third kappa shape index (κ3) is 9.64. The number of hydrogen-bond acceptors (Lipinski definition) is 5. The zero-order chi connectivity index (χ0) is 23.2. The lowest BCUT2D eigenvalue weighted by Gasteiger charge is -2.11. The molecule has 0 aliphatic carbocycles. The first-order valence-electron chi connectivity index (χ1n) is 11.0. The third-order valence-corrected chi connectivity index (χ3v) is 5.04. The molecule has 172 valence electrons. The molecule has 2 amide bonds. The topological polar surface area (TPSA) is 93.7 Å². The number of esters is 1. The fourth-order valence-corrected chi connectivity index (χ4v) is 2.91. The van der Waals surface area contributed by atoms with Gasteiger partial charge in [0, 0.05) is 6.42 Å². The quantitative estimate of drug-likeness (QED) is 0.298. The Morgan fingerprint density at radius 2 is 1.59 bits per heavy atom. The summed E-state index contributed by atoms with van der Waals surface area (Å²) in [6.45, 7) is 4.36. The number of hydrogen-bond donors (Lipinski definition) is 2. The lowest BCUT2D eigenvalue weighted by atomic mass is 9.99. The van der Waals surface area contributed by atoms with Crippen LogP contribution in [0.3, 0.4) is 0 Å². The molecule has 0 aliphatic heterocycles. The number of benzene rings is 2. The summed E-state index contributed by atoms with van der Waals surface area (Å²) in [6.07, 6.45) is 2.47. The van der Waals surface area contributed by atoms with E-state index < -0.39 is 17.8 Å². The summed E-state index contributed by atoms with van der Waals surface area (Å²) in [4.78, 5) is 35.4. The highest BCUT2D eigenvalue weighted by Gasteiger charge is 2.10. The maximum Gasteiger partial charge on any atom is 0.306 e. The van der Waals surface area contributed by atoms with Gasteiger partial charge in [0.25, 0.3) is 5.91 Å². The van der Waals surface area contributed by atoms with Crippen molar-refractivity contribution in [3.63, 3.8) is 0 Å². The van der Waals surface area contributed by atoms with Crippen LogP contribution < -0.4 is 15.6 Å². The van der Waals surface area contributed by atoms with Gasteiger partial charge in [-0.05, 0) is 48.4 Å². The van der Waals surface area contributed by atoms with E-state index in [2.05, 4.69) is 24.7 Å². The van der Waals surface area contributed by atoms with E-state index in [1.165, 1.54) is 11.1 Å². The lowest BCUT2D eigenvalue weighted by Crippen LogP contribution is -2.43. The van der Waals surface area contributed by atoms with Gasteiger partial charge in [0.05, 0.1) is 13.0 Å². The minimum absolute atomic E-state index is 0.0495. The normalized spacial score (nSPS) is 11.3. The Morgan fingerprint density at radius 3 is 2.28 bits per heavy atom. The van der Waals surface area contributed by atoms with Crippen LogP contribution in [0.4, 0.5) is 0 Å². The smallest absolute Gasteiger partial charge is 0.306 e. The minimum Gasteiger partial charge on any atom is -0.484 e. The second-order valence-corrected chi connectivity index (χ2v) is 7.57. The van der Waals surface area contributed by atoms with Crippen molar-refractivity contribution in [3.8, 4) is 5.75 Å². The number of nitrogens with one attached hydrogen (secondary N) is 2. The van der Waals surface area contributed by atoms with E-state index >= 15 is 0 Å². The summed E-state index contributed by atoms with van der Waals surface area (Å²) < 4.78 is 10.5. The van der Waals surface area contributed by atoms with Crippen LogP contribution in [0.1, 0.15) is 56.6 Å². The number of hydrazine groups is 1. The molecule has 1 atom stereocenters. The van der Waals surface area contributed by atoms with Crippen molar-refractivity contribution in [2.45, 2.75) is 51.9 Å². The molecule has 2 aromatic rings. The van der Waals surface area contributed by atoms with Crippen molar-refractivity contribution in [1.82, 2.24) is 10.9 Å². The molecule has 0 radical (unpaired) electrons. The van der Waals surface area contributed by atoms with E-state index in [0.29, 0.717) is 18.3 Å². The molecule has 2 N–H and O–H groups in total. The number of ether oxygens (including phenoxy) is 2. The minimum atomic E-state index is -0.493. The first-order chi connectivity index (χ1) is 15.5. The summed E-state index contributed by atoms with van der Waals surface area (Å²) in [5, 5.41) is 0. The van der Waals surface area contributed by atoms with Gasteiger partial charge in [-0.3, -0.25) is 25.2 Å². The Morgan fingerprint density at radius 1 is 0.906 bits per heavy atom. The molecule has 2 aromatic carbocycles. The highest BCUT2D eigenvalue weighted by molar-refractivity contribution is 5.84. The molecule has 0 aliphatic rings. The second-order valence-electron chi connectivity index (χ2n) is 7.57. The van der Waals surface area contributed by atoms with Gasteiger partial charge in [-0.15, -0.1) is 0 Å². The molecule has 7 heteroatoms. The summed E-state index contributed by atoms with van der Waals surface area (Å²) in [5.41, 5.74) is 6.94. The Hall–Kier alpha value is -3.35. The number of carbonyl (C=O) groups excluding carboxylic acids is 3. The molecule has 32 heavy (non-hydrogen) atoms. The molecule has 7 nitrogen and oxygen atoms in total. The SMILES string of the molecule is CCC(C)c1ccc(OCC(=O)NNC(=O)CCC(=O)OCCCc2ccccc2)cc1. The average molecular weight is 441 g/mol. The maximum atomic E-state index is 11.8. The lowest BCUT2D eigenvalue weighted by molar-refractivity contribution is -0.145. The van der Waals surface area contributed by atoms with Crippen LogP contribution in [0.15, 0.2) is 54.6 Å². The number of rotatable bonds is 12. The Balaban J connectivity index is 1.54. The predicted molar refractivity (Wildman–Crippen MR) is 122 cm³/mol. The van der Waals surface area contributed by atoms with Crippen LogP contribution in [0.25, 0.3) is 0 Å². The van der Waals surface area contributed by atoms with Crippen LogP contribution in [0.2, 0.25) is 0 Å². The van der Waals surface area contributed by atoms with Gasteiger partial charge in [0.2, 0.25) is 5.91 Å². The van der Waals surface area contributed by atoms with E-state index in [0.717, 1.165) is 19.3 Å². The monoisotopic (exact) mass is 440 g/mol. The van der Waals surface area contributed by atoms with Crippen LogP contribution >= 0.6 is 0 Å². The van der Waals surface area contributed by atoms with Gasteiger partial charge in [0.1, 0.15) is 5.75 Å².